The van der Waals surface area contributed by atoms with Crippen LogP contribution < -0.4 is 5.32 Å². The molecule has 186 valence electrons. The Morgan fingerprint density at radius 2 is 1.36 bits per heavy atom. The molecule has 0 fully saturated rings. The summed E-state index contributed by atoms with van der Waals surface area (Å²) in [6.07, 6.45) is -0.447. The van der Waals surface area contributed by atoms with Crippen molar-refractivity contribution in [3.8, 4) is 0 Å². The minimum absolute atomic E-state index is 0.0140. The number of carbonyl (C=O) groups excluding carboxylic acids is 3. The number of nitrogens with zero attached hydrogens (tertiary/aromatic N) is 1. The molecule has 0 spiro atoms. The number of nitro benzene ring substituents is 1. The molecule has 0 aromatic heterocycles. The van der Waals surface area contributed by atoms with Crippen LogP contribution in [0.1, 0.15) is 39.0 Å². The summed E-state index contributed by atoms with van der Waals surface area (Å²) in [6, 6.07) is 19.4. The average molecular weight is 491 g/mol. The first-order valence-corrected chi connectivity index (χ1v) is 11.2. The van der Waals surface area contributed by atoms with Crippen LogP contribution in [0.25, 0.3) is 0 Å². The molecule has 0 aliphatic heterocycles. The highest BCUT2D eigenvalue weighted by Gasteiger charge is 2.28. The first kappa shape index (κ1) is 26.1. The molecule has 3 aromatic rings. The third kappa shape index (κ3) is 7.23. The number of nitrogens with one attached hydrogen (secondary N) is 1. The Bertz CT molecular complexity index is 1220. The average Bonchev–Trinajstić information content (AvgIpc) is 2.86. The molecule has 0 bridgehead atoms. The van der Waals surface area contributed by atoms with Crippen LogP contribution in [0.15, 0.2) is 72.8 Å². The minimum Gasteiger partial charge on any atom is -0.461 e. The molecule has 1 amide bonds. The maximum absolute atomic E-state index is 12.9. The van der Waals surface area contributed by atoms with Crippen LogP contribution >= 0.6 is 0 Å². The number of nitro groups is 1. The summed E-state index contributed by atoms with van der Waals surface area (Å²) in [5.41, 5.74) is 2.15. The predicted molar refractivity (Wildman–Crippen MR) is 131 cm³/mol. The largest absolute Gasteiger partial charge is 0.461 e. The lowest BCUT2D eigenvalue weighted by Crippen LogP contribution is -2.43. The second-order valence-corrected chi connectivity index (χ2v) is 8.19. The van der Waals surface area contributed by atoms with E-state index in [1.807, 2.05) is 12.1 Å². The van der Waals surface area contributed by atoms with Crippen LogP contribution in [-0.4, -0.2) is 28.8 Å². The summed E-state index contributed by atoms with van der Waals surface area (Å²) in [5.74, 6) is -2.18. The van der Waals surface area contributed by atoms with E-state index in [1.165, 1.54) is 26.0 Å². The quantitative estimate of drug-likeness (QED) is 0.257. The van der Waals surface area contributed by atoms with E-state index in [0.29, 0.717) is 11.1 Å². The van der Waals surface area contributed by atoms with Gasteiger partial charge in [-0.3, -0.25) is 19.7 Å². The Morgan fingerprint density at radius 1 is 0.861 bits per heavy atom. The molecule has 9 heteroatoms. The number of ether oxygens (including phenoxy) is 2. The molecular weight excluding hydrogens is 464 g/mol. The Balaban J connectivity index is 1.73. The third-order valence-corrected chi connectivity index (χ3v) is 5.36. The van der Waals surface area contributed by atoms with Crippen molar-refractivity contribution in [2.75, 3.05) is 0 Å². The molecule has 36 heavy (non-hydrogen) atoms. The second-order valence-electron chi connectivity index (χ2n) is 8.19. The van der Waals surface area contributed by atoms with E-state index in [4.69, 9.17) is 9.47 Å². The van der Waals surface area contributed by atoms with Crippen molar-refractivity contribution >= 4 is 23.5 Å². The van der Waals surface area contributed by atoms with Crippen molar-refractivity contribution in [1.29, 1.82) is 0 Å². The minimum atomic E-state index is -1.32. The Labute approximate surface area is 208 Å². The van der Waals surface area contributed by atoms with Crippen molar-refractivity contribution < 1.29 is 28.8 Å². The van der Waals surface area contributed by atoms with Gasteiger partial charge in [0.05, 0.1) is 11.3 Å². The van der Waals surface area contributed by atoms with Crippen LogP contribution in [-0.2, 0) is 32.3 Å². The number of esters is 2. The number of carbonyl (C=O) groups is 3. The number of benzene rings is 3. The van der Waals surface area contributed by atoms with Crippen LogP contribution in [0.4, 0.5) is 5.69 Å². The molecule has 1 atom stereocenters. The standard InChI is InChI=1S/C27H26N2O7/c1-18-13-22(14-19(2)25(18)29(33)34)26(31)28-23(27(32)36-17-21-11-7-4-8-12-21)15-24(30)35-16-20-9-5-3-6-10-20/h3-14,23H,15-17H2,1-2H3,(H,28,31). The summed E-state index contributed by atoms with van der Waals surface area (Å²) in [4.78, 5) is 49.0. The van der Waals surface area contributed by atoms with Gasteiger partial charge in [0.2, 0.25) is 0 Å². The normalized spacial score (nSPS) is 11.3. The van der Waals surface area contributed by atoms with E-state index in [0.717, 1.165) is 11.1 Å². The van der Waals surface area contributed by atoms with Crippen molar-refractivity contribution in [2.24, 2.45) is 0 Å². The number of hydrogen-bond donors (Lipinski definition) is 1. The number of amides is 1. The molecule has 0 heterocycles. The number of hydrogen-bond acceptors (Lipinski definition) is 7. The van der Waals surface area contributed by atoms with E-state index >= 15 is 0 Å². The van der Waals surface area contributed by atoms with Crippen LogP contribution in [0.3, 0.4) is 0 Å². The zero-order valence-corrected chi connectivity index (χ0v) is 19.9. The molecule has 0 aliphatic rings. The molecule has 3 aromatic carbocycles. The fourth-order valence-electron chi connectivity index (χ4n) is 3.60. The van der Waals surface area contributed by atoms with Crippen molar-refractivity contribution in [1.82, 2.24) is 5.32 Å². The maximum Gasteiger partial charge on any atom is 0.329 e. The van der Waals surface area contributed by atoms with E-state index in [1.54, 1.807) is 48.5 Å². The lowest BCUT2D eigenvalue weighted by Gasteiger charge is -2.18. The van der Waals surface area contributed by atoms with Gasteiger partial charge in [0, 0.05) is 16.7 Å². The van der Waals surface area contributed by atoms with E-state index in [-0.39, 0.29) is 24.5 Å². The van der Waals surface area contributed by atoms with Gasteiger partial charge in [0.15, 0.2) is 0 Å². The van der Waals surface area contributed by atoms with Gasteiger partial charge in [-0.1, -0.05) is 60.7 Å². The zero-order chi connectivity index (χ0) is 26.1. The predicted octanol–water partition coefficient (Wildman–Crippen LogP) is 4.19. The molecule has 0 saturated heterocycles. The molecule has 0 radical (unpaired) electrons. The number of aryl methyl sites for hydroxylation is 2. The Hall–Kier alpha value is -4.53. The zero-order valence-electron chi connectivity index (χ0n) is 19.9. The van der Waals surface area contributed by atoms with Gasteiger partial charge in [-0.25, -0.2) is 4.79 Å². The third-order valence-electron chi connectivity index (χ3n) is 5.36. The summed E-state index contributed by atoms with van der Waals surface area (Å²) >= 11 is 0. The van der Waals surface area contributed by atoms with Crippen molar-refractivity contribution in [3.63, 3.8) is 0 Å². The van der Waals surface area contributed by atoms with E-state index < -0.39 is 35.2 Å². The summed E-state index contributed by atoms with van der Waals surface area (Å²) in [7, 11) is 0. The highest BCUT2D eigenvalue weighted by atomic mass is 16.6. The first-order chi connectivity index (χ1) is 17.2. The highest BCUT2D eigenvalue weighted by molar-refractivity contribution is 5.98. The highest BCUT2D eigenvalue weighted by Crippen LogP contribution is 2.24. The molecule has 1 unspecified atom stereocenters. The van der Waals surface area contributed by atoms with Crippen LogP contribution in [0.2, 0.25) is 0 Å². The van der Waals surface area contributed by atoms with Gasteiger partial charge in [-0.15, -0.1) is 0 Å². The van der Waals surface area contributed by atoms with Crippen molar-refractivity contribution in [3.05, 3.63) is 111 Å². The topological polar surface area (TPSA) is 125 Å². The van der Waals surface area contributed by atoms with E-state index in [2.05, 4.69) is 5.32 Å². The van der Waals surface area contributed by atoms with Gasteiger partial charge in [-0.2, -0.15) is 0 Å². The Kier molecular flexibility index (Phi) is 8.88. The Morgan fingerprint density at radius 3 is 1.86 bits per heavy atom. The fourth-order valence-corrected chi connectivity index (χ4v) is 3.60. The van der Waals surface area contributed by atoms with Gasteiger partial charge >= 0.3 is 11.9 Å². The fraction of sp³-hybridized carbons (Fsp3) is 0.222. The monoisotopic (exact) mass is 490 g/mol. The summed E-state index contributed by atoms with van der Waals surface area (Å²) < 4.78 is 10.6. The van der Waals surface area contributed by atoms with Crippen molar-refractivity contribution in [2.45, 2.75) is 39.5 Å². The van der Waals surface area contributed by atoms with Gasteiger partial charge in [0.1, 0.15) is 19.3 Å². The summed E-state index contributed by atoms with van der Waals surface area (Å²) in [6.45, 7) is 3.02. The summed E-state index contributed by atoms with van der Waals surface area (Å²) in [5, 5.41) is 13.8. The SMILES string of the molecule is Cc1cc(C(=O)NC(CC(=O)OCc2ccccc2)C(=O)OCc2ccccc2)cc(C)c1[N+](=O)[O-]. The smallest absolute Gasteiger partial charge is 0.329 e. The molecule has 3 rings (SSSR count). The molecule has 0 saturated carbocycles. The molecule has 0 aliphatic carbocycles. The van der Waals surface area contributed by atoms with Crippen LogP contribution in [0.5, 0.6) is 0 Å². The van der Waals surface area contributed by atoms with Gasteiger partial charge < -0.3 is 14.8 Å². The molecule has 9 nitrogen and oxygen atoms in total. The first-order valence-electron chi connectivity index (χ1n) is 11.2. The second kappa shape index (κ2) is 12.3. The van der Waals surface area contributed by atoms with Gasteiger partial charge in [0.25, 0.3) is 11.6 Å². The van der Waals surface area contributed by atoms with E-state index in [9.17, 15) is 24.5 Å². The lowest BCUT2D eigenvalue weighted by atomic mass is 10.0. The van der Waals surface area contributed by atoms with Crippen LogP contribution in [0, 0.1) is 24.0 Å². The molecule has 1 N–H and O–H groups in total. The lowest BCUT2D eigenvalue weighted by molar-refractivity contribution is -0.386. The maximum atomic E-state index is 12.9. The van der Waals surface area contributed by atoms with Gasteiger partial charge in [-0.05, 0) is 37.1 Å². The number of rotatable bonds is 10. The molecular formula is C27H26N2O7.